The van der Waals surface area contributed by atoms with Gasteiger partial charge in [0.25, 0.3) is 15.9 Å². The number of halogens is 1. The highest BCUT2D eigenvalue weighted by Gasteiger charge is 2.17. The molecule has 0 aromatic heterocycles. The van der Waals surface area contributed by atoms with Crippen LogP contribution in [0.4, 0.5) is 11.4 Å². The molecule has 11 heteroatoms. The van der Waals surface area contributed by atoms with Crippen LogP contribution in [-0.2, 0) is 14.8 Å². The molecule has 0 spiro atoms. The molecule has 0 atom stereocenters. The summed E-state index contributed by atoms with van der Waals surface area (Å²) in [6.45, 7) is 2.01. The first-order valence-electron chi connectivity index (χ1n) is 10.5. The minimum Gasteiger partial charge on any atom is -0.497 e. The van der Waals surface area contributed by atoms with Gasteiger partial charge < -0.3 is 24.3 Å². The van der Waals surface area contributed by atoms with E-state index in [1.807, 2.05) is 6.92 Å². The quantitative estimate of drug-likeness (QED) is 0.380. The van der Waals surface area contributed by atoms with Crippen LogP contribution in [0.15, 0.2) is 65.6 Å². The van der Waals surface area contributed by atoms with Gasteiger partial charge in [-0.2, -0.15) is 0 Å². The van der Waals surface area contributed by atoms with Crippen LogP contribution in [0.25, 0.3) is 0 Å². The first-order chi connectivity index (χ1) is 16.7. The number of methoxy groups -OCH3 is 2. The number of carbonyl (C=O) groups excluding carboxylic acids is 1. The van der Waals surface area contributed by atoms with E-state index in [0.29, 0.717) is 35.2 Å². The summed E-state index contributed by atoms with van der Waals surface area (Å²) >= 11 is 6.22. The minimum atomic E-state index is -3.90. The van der Waals surface area contributed by atoms with E-state index in [1.54, 1.807) is 42.5 Å². The summed E-state index contributed by atoms with van der Waals surface area (Å²) in [6.07, 6.45) is 0. The lowest BCUT2D eigenvalue weighted by Gasteiger charge is -2.13. The van der Waals surface area contributed by atoms with Crippen LogP contribution < -0.4 is 29.0 Å². The van der Waals surface area contributed by atoms with Gasteiger partial charge in [-0.25, -0.2) is 8.42 Å². The van der Waals surface area contributed by atoms with Gasteiger partial charge in [-0.05, 0) is 61.5 Å². The van der Waals surface area contributed by atoms with Crippen molar-refractivity contribution < 1.29 is 32.2 Å². The monoisotopic (exact) mass is 520 g/mol. The summed E-state index contributed by atoms with van der Waals surface area (Å²) in [5.41, 5.74) is 0.810. The van der Waals surface area contributed by atoms with Crippen LogP contribution in [0.5, 0.6) is 23.0 Å². The van der Waals surface area contributed by atoms with Gasteiger partial charge >= 0.3 is 0 Å². The standard InChI is InChI=1S/C24H25ClN2O7S/c1-4-33-17-7-5-16(6-8-17)27-35(29,30)19-10-12-22(20(25)14-19)34-15-24(28)26-21-11-9-18(31-2)13-23(21)32-3/h5-14,27H,4,15H2,1-3H3,(H,26,28). The highest BCUT2D eigenvalue weighted by Crippen LogP contribution is 2.30. The average Bonchev–Trinajstić information content (AvgIpc) is 2.84. The van der Waals surface area contributed by atoms with Gasteiger partial charge in [0.1, 0.15) is 23.0 Å². The predicted molar refractivity (Wildman–Crippen MR) is 134 cm³/mol. The normalized spacial score (nSPS) is 10.9. The van der Waals surface area contributed by atoms with Crippen LogP contribution in [0.2, 0.25) is 5.02 Å². The molecule has 2 N–H and O–H groups in total. The van der Waals surface area contributed by atoms with E-state index in [2.05, 4.69) is 10.0 Å². The number of ether oxygens (including phenoxy) is 4. The zero-order chi connectivity index (χ0) is 25.4. The number of carbonyl (C=O) groups is 1. The first-order valence-corrected chi connectivity index (χ1v) is 12.3. The summed E-state index contributed by atoms with van der Waals surface area (Å²) in [7, 11) is -0.899. The molecule has 0 bridgehead atoms. The van der Waals surface area contributed by atoms with E-state index in [-0.39, 0.29) is 22.3 Å². The average molecular weight is 521 g/mol. The lowest BCUT2D eigenvalue weighted by molar-refractivity contribution is -0.118. The lowest BCUT2D eigenvalue weighted by Crippen LogP contribution is -2.20. The maximum atomic E-state index is 12.7. The molecule has 3 aromatic carbocycles. The van der Waals surface area contributed by atoms with Crippen molar-refractivity contribution in [2.24, 2.45) is 0 Å². The fraction of sp³-hybridized carbons (Fsp3) is 0.208. The summed E-state index contributed by atoms with van der Waals surface area (Å²) < 4.78 is 49.1. The van der Waals surface area contributed by atoms with Crippen LogP contribution >= 0.6 is 11.6 Å². The number of amides is 1. The van der Waals surface area contributed by atoms with Crippen molar-refractivity contribution in [1.29, 1.82) is 0 Å². The zero-order valence-corrected chi connectivity index (χ0v) is 20.9. The molecule has 0 fully saturated rings. The summed E-state index contributed by atoms with van der Waals surface area (Å²) in [6, 6.07) is 15.4. The molecule has 35 heavy (non-hydrogen) atoms. The third kappa shape index (κ3) is 6.93. The zero-order valence-electron chi connectivity index (χ0n) is 19.3. The van der Waals surface area contributed by atoms with E-state index in [1.165, 1.54) is 32.4 Å². The van der Waals surface area contributed by atoms with Crippen molar-refractivity contribution in [1.82, 2.24) is 0 Å². The molecule has 0 aliphatic heterocycles. The van der Waals surface area contributed by atoms with Crippen molar-refractivity contribution in [2.75, 3.05) is 37.5 Å². The van der Waals surface area contributed by atoms with Gasteiger partial charge in [-0.3, -0.25) is 9.52 Å². The Morgan fingerprint density at radius 3 is 2.23 bits per heavy atom. The third-order valence-corrected chi connectivity index (χ3v) is 6.35. The van der Waals surface area contributed by atoms with Gasteiger partial charge in [0.2, 0.25) is 0 Å². The van der Waals surface area contributed by atoms with Gasteiger partial charge in [-0.1, -0.05) is 11.6 Å². The van der Waals surface area contributed by atoms with E-state index in [9.17, 15) is 13.2 Å². The highest BCUT2D eigenvalue weighted by molar-refractivity contribution is 7.92. The fourth-order valence-electron chi connectivity index (χ4n) is 3.00. The van der Waals surface area contributed by atoms with Crippen molar-refractivity contribution in [3.63, 3.8) is 0 Å². The molecular weight excluding hydrogens is 496 g/mol. The Morgan fingerprint density at radius 1 is 0.886 bits per heavy atom. The number of hydrogen-bond donors (Lipinski definition) is 2. The molecule has 0 aliphatic carbocycles. The molecule has 3 aromatic rings. The molecule has 0 saturated heterocycles. The molecule has 0 saturated carbocycles. The molecule has 0 unspecified atom stereocenters. The van der Waals surface area contributed by atoms with Crippen molar-refractivity contribution in [3.8, 4) is 23.0 Å². The number of sulfonamides is 1. The van der Waals surface area contributed by atoms with Crippen molar-refractivity contribution >= 4 is 38.9 Å². The second kappa shape index (κ2) is 11.7. The van der Waals surface area contributed by atoms with E-state index >= 15 is 0 Å². The van der Waals surface area contributed by atoms with Crippen molar-refractivity contribution in [2.45, 2.75) is 11.8 Å². The Bertz CT molecular complexity index is 1280. The molecular formula is C24H25ClN2O7S. The van der Waals surface area contributed by atoms with Crippen LogP contribution in [0.3, 0.4) is 0 Å². The Morgan fingerprint density at radius 2 is 1.60 bits per heavy atom. The Labute approximate surface area is 209 Å². The smallest absolute Gasteiger partial charge is 0.262 e. The maximum Gasteiger partial charge on any atom is 0.262 e. The van der Waals surface area contributed by atoms with Crippen LogP contribution in [0.1, 0.15) is 6.92 Å². The SMILES string of the molecule is CCOc1ccc(NS(=O)(=O)c2ccc(OCC(=O)Nc3ccc(OC)cc3OC)c(Cl)c2)cc1. The summed E-state index contributed by atoms with van der Waals surface area (Å²) in [5, 5.41) is 2.71. The maximum absolute atomic E-state index is 12.7. The number of benzene rings is 3. The molecule has 1 amide bonds. The molecule has 9 nitrogen and oxygen atoms in total. The molecule has 0 aliphatic rings. The molecule has 186 valence electrons. The van der Waals surface area contributed by atoms with Gasteiger partial charge in [0.05, 0.1) is 36.4 Å². The lowest BCUT2D eigenvalue weighted by atomic mass is 10.2. The summed E-state index contributed by atoms with van der Waals surface area (Å²) in [5.74, 6) is 1.33. The Balaban J connectivity index is 1.63. The number of rotatable bonds is 11. The second-order valence-electron chi connectivity index (χ2n) is 7.06. The van der Waals surface area contributed by atoms with Gasteiger partial charge in [0, 0.05) is 11.8 Å². The largest absolute Gasteiger partial charge is 0.497 e. The summed E-state index contributed by atoms with van der Waals surface area (Å²) in [4.78, 5) is 12.3. The van der Waals surface area contributed by atoms with E-state index < -0.39 is 15.9 Å². The van der Waals surface area contributed by atoms with Crippen LogP contribution in [-0.4, -0.2) is 41.8 Å². The number of nitrogens with one attached hydrogen (secondary N) is 2. The van der Waals surface area contributed by atoms with E-state index in [0.717, 1.165) is 0 Å². The number of hydrogen-bond acceptors (Lipinski definition) is 7. The van der Waals surface area contributed by atoms with Gasteiger partial charge in [-0.15, -0.1) is 0 Å². The highest BCUT2D eigenvalue weighted by atomic mass is 35.5. The van der Waals surface area contributed by atoms with Gasteiger partial charge in [0.15, 0.2) is 6.61 Å². The van der Waals surface area contributed by atoms with Crippen molar-refractivity contribution in [3.05, 3.63) is 65.7 Å². The first kappa shape index (κ1) is 26.0. The van der Waals surface area contributed by atoms with E-state index in [4.69, 9.17) is 30.5 Å². The van der Waals surface area contributed by atoms with Crippen LogP contribution in [0, 0.1) is 0 Å². The number of anilines is 2. The Kier molecular flexibility index (Phi) is 8.67. The molecule has 0 heterocycles. The Hall–Kier alpha value is -3.63. The molecule has 0 radical (unpaired) electrons. The fourth-order valence-corrected chi connectivity index (χ4v) is 4.38. The predicted octanol–water partition coefficient (Wildman–Crippen LogP) is 4.57. The topological polar surface area (TPSA) is 112 Å². The third-order valence-electron chi connectivity index (χ3n) is 4.67. The minimum absolute atomic E-state index is 0.0365. The second-order valence-corrected chi connectivity index (χ2v) is 9.15. The molecule has 3 rings (SSSR count).